The van der Waals surface area contributed by atoms with Gasteiger partial charge in [0, 0.05) is 25.5 Å². The molecule has 6 heteroatoms. The van der Waals surface area contributed by atoms with Crippen molar-refractivity contribution in [3.05, 3.63) is 34.9 Å². The van der Waals surface area contributed by atoms with Gasteiger partial charge in [-0.2, -0.15) is 18.4 Å². The highest BCUT2D eigenvalue weighted by molar-refractivity contribution is 5.72. The fourth-order valence-electron chi connectivity index (χ4n) is 1.42. The van der Waals surface area contributed by atoms with E-state index in [0.717, 1.165) is 12.1 Å². The zero-order valence-electron chi connectivity index (χ0n) is 10.6. The van der Waals surface area contributed by atoms with Gasteiger partial charge in [0.15, 0.2) is 0 Å². The van der Waals surface area contributed by atoms with Gasteiger partial charge in [-0.25, -0.2) is 0 Å². The minimum absolute atomic E-state index is 0.180. The van der Waals surface area contributed by atoms with Crippen LogP contribution < -0.4 is 5.32 Å². The SMILES string of the molecule is CC(=O)NCCC#Cc1ccc(C#N)c(C(F)(F)F)c1. The van der Waals surface area contributed by atoms with E-state index < -0.39 is 17.3 Å². The van der Waals surface area contributed by atoms with Crippen LogP contribution in [0.1, 0.15) is 30.0 Å². The summed E-state index contributed by atoms with van der Waals surface area (Å²) in [4.78, 5) is 10.6. The van der Waals surface area contributed by atoms with Crippen LogP contribution in [0.25, 0.3) is 0 Å². The molecule has 0 aromatic heterocycles. The van der Waals surface area contributed by atoms with E-state index in [1.807, 2.05) is 0 Å². The zero-order valence-corrected chi connectivity index (χ0v) is 10.6. The van der Waals surface area contributed by atoms with E-state index in [0.29, 0.717) is 13.0 Å². The Kier molecular flexibility index (Phi) is 5.16. The summed E-state index contributed by atoms with van der Waals surface area (Å²) in [6.07, 6.45) is -4.25. The summed E-state index contributed by atoms with van der Waals surface area (Å²) >= 11 is 0. The van der Waals surface area contributed by atoms with E-state index in [4.69, 9.17) is 5.26 Å². The van der Waals surface area contributed by atoms with Crippen LogP contribution in [-0.4, -0.2) is 12.5 Å². The topological polar surface area (TPSA) is 52.9 Å². The van der Waals surface area contributed by atoms with Gasteiger partial charge >= 0.3 is 6.18 Å². The number of carbonyl (C=O) groups is 1. The zero-order chi connectivity index (χ0) is 15.2. The summed E-state index contributed by atoms with van der Waals surface area (Å²) in [5.41, 5.74) is -1.24. The van der Waals surface area contributed by atoms with Gasteiger partial charge in [-0.05, 0) is 18.2 Å². The normalized spacial score (nSPS) is 10.2. The van der Waals surface area contributed by atoms with Crippen LogP contribution in [0.15, 0.2) is 18.2 Å². The van der Waals surface area contributed by atoms with Crippen molar-refractivity contribution < 1.29 is 18.0 Å². The van der Waals surface area contributed by atoms with Crippen molar-refractivity contribution in [1.29, 1.82) is 5.26 Å². The third-order valence-corrected chi connectivity index (χ3v) is 2.30. The molecule has 0 atom stereocenters. The fraction of sp³-hybridized carbons (Fsp3) is 0.286. The molecule has 3 nitrogen and oxygen atoms in total. The van der Waals surface area contributed by atoms with Crippen molar-refractivity contribution in [2.45, 2.75) is 19.5 Å². The van der Waals surface area contributed by atoms with Gasteiger partial charge in [-0.3, -0.25) is 4.79 Å². The first-order valence-corrected chi connectivity index (χ1v) is 5.69. The van der Waals surface area contributed by atoms with Crippen molar-refractivity contribution in [2.24, 2.45) is 0 Å². The Balaban J connectivity index is 2.86. The predicted molar refractivity (Wildman–Crippen MR) is 66.3 cm³/mol. The first-order valence-electron chi connectivity index (χ1n) is 5.69. The minimum Gasteiger partial charge on any atom is -0.355 e. The lowest BCUT2D eigenvalue weighted by molar-refractivity contribution is -0.137. The second-order valence-electron chi connectivity index (χ2n) is 3.90. The standard InChI is InChI=1S/C14H11F3N2O/c1-10(20)19-7-3-2-4-11-5-6-12(9-18)13(8-11)14(15,16)17/h5-6,8H,3,7H2,1H3,(H,19,20). The average molecular weight is 280 g/mol. The number of rotatable bonds is 2. The highest BCUT2D eigenvalue weighted by Gasteiger charge is 2.33. The molecule has 0 radical (unpaired) electrons. The number of alkyl halides is 3. The number of amides is 1. The number of nitriles is 1. The minimum atomic E-state index is -4.58. The number of hydrogen-bond donors (Lipinski definition) is 1. The lowest BCUT2D eigenvalue weighted by Gasteiger charge is -2.08. The Bertz CT molecular complexity index is 604. The predicted octanol–water partition coefficient (Wildman–Crippen LogP) is 2.45. The summed E-state index contributed by atoms with van der Waals surface area (Å²) in [6.45, 7) is 1.70. The Labute approximate surface area is 114 Å². The van der Waals surface area contributed by atoms with Crippen LogP contribution in [0, 0.1) is 23.2 Å². The monoisotopic (exact) mass is 280 g/mol. The summed E-state index contributed by atoms with van der Waals surface area (Å²) < 4.78 is 38.1. The molecule has 1 N–H and O–H groups in total. The summed E-state index contributed by atoms with van der Waals surface area (Å²) in [7, 11) is 0. The average Bonchev–Trinajstić information content (AvgIpc) is 2.36. The van der Waals surface area contributed by atoms with Crippen molar-refractivity contribution in [3.63, 3.8) is 0 Å². The maximum absolute atomic E-state index is 12.7. The van der Waals surface area contributed by atoms with Crippen LogP contribution in [0.2, 0.25) is 0 Å². The van der Waals surface area contributed by atoms with Crippen molar-refractivity contribution >= 4 is 5.91 Å². The summed E-state index contributed by atoms with van der Waals surface area (Å²) in [5.74, 6) is 5.04. The van der Waals surface area contributed by atoms with Gasteiger partial charge in [0.1, 0.15) is 0 Å². The molecular weight excluding hydrogens is 269 g/mol. The highest BCUT2D eigenvalue weighted by Crippen LogP contribution is 2.32. The van der Waals surface area contributed by atoms with E-state index in [2.05, 4.69) is 17.2 Å². The Morgan fingerprint density at radius 2 is 2.10 bits per heavy atom. The highest BCUT2D eigenvalue weighted by atomic mass is 19.4. The van der Waals surface area contributed by atoms with E-state index in [1.54, 1.807) is 0 Å². The first kappa shape index (κ1) is 15.6. The number of carbonyl (C=O) groups excluding carboxylic acids is 1. The lowest BCUT2D eigenvalue weighted by atomic mass is 10.0. The molecule has 1 rings (SSSR count). The largest absolute Gasteiger partial charge is 0.417 e. The van der Waals surface area contributed by atoms with Crippen LogP contribution in [0.4, 0.5) is 13.2 Å². The molecule has 0 aliphatic rings. The van der Waals surface area contributed by atoms with Crippen molar-refractivity contribution in [1.82, 2.24) is 5.32 Å². The molecule has 0 unspecified atom stereocenters. The molecule has 0 saturated carbocycles. The van der Waals surface area contributed by atoms with Gasteiger partial charge in [-0.15, -0.1) is 0 Å². The molecule has 0 aliphatic heterocycles. The number of hydrogen-bond acceptors (Lipinski definition) is 2. The molecule has 0 saturated heterocycles. The Hall–Kier alpha value is -2.47. The van der Waals surface area contributed by atoms with Gasteiger partial charge < -0.3 is 5.32 Å². The number of nitrogens with one attached hydrogen (secondary N) is 1. The molecule has 0 spiro atoms. The molecule has 20 heavy (non-hydrogen) atoms. The van der Waals surface area contributed by atoms with E-state index >= 15 is 0 Å². The van der Waals surface area contributed by atoms with Crippen molar-refractivity contribution in [2.75, 3.05) is 6.54 Å². The summed E-state index contributed by atoms with van der Waals surface area (Å²) in [6, 6.07) is 4.81. The third-order valence-electron chi connectivity index (χ3n) is 2.30. The quantitative estimate of drug-likeness (QED) is 0.668. The Morgan fingerprint density at radius 3 is 2.65 bits per heavy atom. The van der Waals surface area contributed by atoms with Gasteiger partial charge in [0.05, 0.1) is 17.2 Å². The molecule has 1 aromatic carbocycles. The van der Waals surface area contributed by atoms with Crippen LogP contribution in [0.5, 0.6) is 0 Å². The first-order chi connectivity index (χ1) is 9.34. The van der Waals surface area contributed by atoms with E-state index in [1.165, 1.54) is 19.1 Å². The van der Waals surface area contributed by atoms with Gasteiger partial charge in [0.2, 0.25) is 5.91 Å². The molecule has 0 aliphatic carbocycles. The molecule has 0 fully saturated rings. The van der Waals surface area contributed by atoms with Crippen molar-refractivity contribution in [3.8, 4) is 17.9 Å². The van der Waals surface area contributed by atoms with Crippen LogP contribution in [-0.2, 0) is 11.0 Å². The molecule has 1 amide bonds. The molecule has 0 bridgehead atoms. The number of nitrogens with zero attached hydrogens (tertiary/aromatic N) is 1. The Morgan fingerprint density at radius 1 is 1.40 bits per heavy atom. The van der Waals surface area contributed by atoms with Gasteiger partial charge in [-0.1, -0.05) is 11.8 Å². The second-order valence-corrected chi connectivity index (χ2v) is 3.90. The molecular formula is C14H11F3N2O. The summed E-state index contributed by atoms with van der Waals surface area (Å²) in [5, 5.41) is 11.2. The number of benzene rings is 1. The molecule has 104 valence electrons. The lowest BCUT2D eigenvalue weighted by Crippen LogP contribution is -2.20. The van der Waals surface area contributed by atoms with Crippen LogP contribution >= 0.6 is 0 Å². The maximum atomic E-state index is 12.7. The van der Waals surface area contributed by atoms with Gasteiger partial charge in [0.25, 0.3) is 0 Å². The smallest absolute Gasteiger partial charge is 0.355 e. The van der Waals surface area contributed by atoms with Crippen LogP contribution in [0.3, 0.4) is 0 Å². The van der Waals surface area contributed by atoms with E-state index in [-0.39, 0.29) is 11.5 Å². The third kappa shape index (κ3) is 4.66. The molecule has 0 heterocycles. The molecule has 1 aromatic rings. The number of halogens is 3. The van der Waals surface area contributed by atoms with E-state index in [9.17, 15) is 18.0 Å². The maximum Gasteiger partial charge on any atom is 0.417 e. The fourth-order valence-corrected chi connectivity index (χ4v) is 1.42. The second kappa shape index (κ2) is 6.63.